The van der Waals surface area contributed by atoms with Gasteiger partial charge in [0, 0.05) is 18.1 Å². The van der Waals surface area contributed by atoms with Crippen molar-refractivity contribution in [1.29, 1.82) is 0 Å². The number of rotatable bonds is 4. The first-order chi connectivity index (χ1) is 8.58. The first-order valence-electron chi connectivity index (χ1n) is 5.48. The molecule has 5 nitrogen and oxygen atoms in total. The summed E-state index contributed by atoms with van der Waals surface area (Å²) in [4.78, 5) is 0. The van der Waals surface area contributed by atoms with Crippen LogP contribution < -0.4 is 5.73 Å². The lowest BCUT2D eigenvalue weighted by molar-refractivity contribution is 0.657. The summed E-state index contributed by atoms with van der Waals surface area (Å²) in [5.74, 6) is 0. The second-order valence-corrected chi connectivity index (χ2v) is 5.58. The fraction of sp³-hybridized carbons (Fsp3) is 0.364. The second-order valence-electron chi connectivity index (χ2n) is 4.03. The third-order valence-electron chi connectivity index (χ3n) is 2.49. The molecule has 0 bridgehead atoms. The molecular weight excluding hydrogens is 270 g/mol. The number of tetrazole rings is 1. The maximum absolute atomic E-state index is 6.04. The van der Waals surface area contributed by atoms with Crippen LogP contribution in [-0.2, 0) is 7.05 Å². The van der Waals surface area contributed by atoms with E-state index in [1.54, 1.807) is 16.4 Å². The Bertz CT molecular complexity index is 510. The van der Waals surface area contributed by atoms with Gasteiger partial charge in [0.25, 0.3) is 0 Å². The summed E-state index contributed by atoms with van der Waals surface area (Å²) in [6.07, 6.45) is 0. The summed E-state index contributed by atoms with van der Waals surface area (Å²) in [5, 5.41) is 12.9. The Morgan fingerprint density at radius 1 is 1.33 bits per heavy atom. The molecular formula is C11H14ClN5S. The third kappa shape index (κ3) is 3.01. The van der Waals surface area contributed by atoms with Crippen LogP contribution in [0.1, 0.15) is 17.7 Å². The van der Waals surface area contributed by atoms with E-state index in [0.29, 0.717) is 5.02 Å². The lowest BCUT2D eigenvalue weighted by atomic mass is 10.1. The summed E-state index contributed by atoms with van der Waals surface area (Å²) in [6, 6.07) is 7.66. The van der Waals surface area contributed by atoms with Crippen molar-refractivity contribution >= 4 is 23.4 Å². The van der Waals surface area contributed by atoms with E-state index in [1.807, 2.05) is 38.2 Å². The number of halogens is 1. The van der Waals surface area contributed by atoms with Crippen LogP contribution in [0.15, 0.2) is 29.4 Å². The molecule has 0 radical (unpaired) electrons. The van der Waals surface area contributed by atoms with E-state index in [-0.39, 0.29) is 11.3 Å². The van der Waals surface area contributed by atoms with E-state index < -0.39 is 0 Å². The van der Waals surface area contributed by atoms with Gasteiger partial charge in [0.05, 0.1) is 5.25 Å². The fourth-order valence-electron chi connectivity index (χ4n) is 1.57. The van der Waals surface area contributed by atoms with E-state index in [2.05, 4.69) is 15.5 Å². The molecule has 0 aliphatic rings. The summed E-state index contributed by atoms with van der Waals surface area (Å²) in [5.41, 5.74) is 7.16. The van der Waals surface area contributed by atoms with Crippen molar-refractivity contribution in [3.05, 3.63) is 34.9 Å². The second kappa shape index (κ2) is 5.69. The molecule has 0 aliphatic heterocycles. The van der Waals surface area contributed by atoms with Gasteiger partial charge in [-0.05, 0) is 35.0 Å². The number of hydrogen-bond donors (Lipinski definition) is 1. The summed E-state index contributed by atoms with van der Waals surface area (Å²) in [7, 11) is 1.81. The molecule has 18 heavy (non-hydrogen) atoms. The van der Waals surface area contributed by atoms with Crippen molar-refractivity contribution in [3.8, 4) is 0 Å². The van der Waals surface area contributed by atoms with Crippen LogP contribution in [0.25, 0.3) is 0 Å². The summed E-state index contributed by atoms with van der Waals surface area (Å²) < 4.78 is 1.63. The average Bonchev–Trinajstić information content (AvgIpc) is 2.73. The normalized spacial score (nSPS) is 14.4. The van der Waals surface area contributed by atoms with Crippen molar-refractivity contribution in [2.24, 2.45) is 12.8 Å². The molecule has 0 aliphatic carbocycles. The van der Waals surface area contributed by atoms with E-state index in [0.717, 1.165) is 10.7 Å². The summed E-state index contributed by atoms with van der Waals surface area (Å²) >= 11 is 7.44. The van der Waals surface area contributed by atoms with E-state index >= 15 is 0 Å². The maximum atomic E-state index is 6.04. The van der Waals surface area contributed by atoms with Crippen molar-refractivity contribution in [2.45, 2.75) is 23.4 Å². The zero-order valence-corrected chi connectivity index (χ0v) is 11.7. The smallest absolute Gasteiger partial charge is 0.209 e. The Labute approximate surface area is 115 Å². The lowest BCUT2D eigenvalue weighted by Crippen LogP contribution is -2.23. The molecule has 0 fully saturated rings. The van der Waals surface area contributed by atoms with Gasteiger partial charge in [-0.3, -0.25) is 0 Å². The third-order valence-corrected chi connectivity index (χ3v) is 4.25. The monoisotopic (exact) mass is 283 g/mol. The molecule has 1 aromatic carbocycles. The Hall–Kier alpha value is -1.11. The topological polar surface area (TPSA) is 69.6 Å². The number of nitrogens with two attached hydrogens (primary N) is 1. The van der Waals surface area contributed by atoms with Gasteiger partial charge in [-0.15, -0.1) is 5.10 Å². The highest BCUT2D eigenvalue weighted by atomic mass is 35.5. The van der Waals surface area contributed by atoms with Crippen LogP contribution in [0.3, 0.4) is 0 Å². The molecule has 2 rings (SSSR count). The highest BCUT2D eigenvalue weighted by molar-refractivity contribution is 7.99. The van der Waals surface area contributed by atoms with Gasteiger partial charge < -0.3 is 5.73 Å². The molecule has 2 aromatic rings. The first kappa shape index (κ1) is 13.3. The number of aromatic nitrogens is 4. The van der Waals surface area contributed by atoms with Gasteiger partial charge in [0.15, 0.2) is 0 Å². The largest absolute Gasteiger partial charge is 0.327 e. The number of aryl methyl sites for hydroxylation is 1. The Morgan fingerprint density at radius 3 is 2.50 bits per heavy atom. The van der Waals surface area contributed by atoms with Crippen molar-refractivity contribution in [3.63, 3.8) is 0 Å². The molecule has 2 N–H and O–H groups in total. The quantitative estimate of drug-likeness (QED) is 0.870. The standard InChI is InChI=1S/C11H14ClN5S/c1-7(13)10(8-3-5-9(12)6-4-8)18-11-14-15-16-17(11)2/h3-7,10H,13H2,1-2H3. The van der Waals surface area contributed by atoms with Gasteiger partial charge >= 0.3 is 0 Å². The van der Waals surface area contributed by atoms with Crippen molar-refractivity contribution in [1.82, 2.24) is 20.2 Å². The van der Waals surface area contributed by atoms with E-state index in [9.17, 15) is 0 Å². The van der Waals surface area contributed by atoms with Gasteiger partial charge in [0.2, 0.25) is 5.16 Å². The number of benzene rings is 1. The van der Waals surface area contributed by atoms with Crippen LogP contribution in [0, 0.1) is 0 Å². The molecule has 1 aromatic heterocycles. The highest BCUT2D eigenvalue weighted by Gasteiger charge is 2.20. The van der Waals surface area contributed by atoms with Crippen molar-refractivity contribution < 1.29 is 0 Å². The molecule has 2 unspecified atom stereocenters. The van der Waals surface area contributed by atoms with Crippen LogP contribution >= 0.6 is 23.4 Å². The summed E-state index contributed by atoms with van der Waals surface area (Å²) in [6.45, 7) is 1.97. The van der Waals surface area contributed by atoms with Gasteiger partial charge in [0.1, 0.15) is 0 Å². The van der Waals surface area contributed by atoms with Crippen molar-refractivity contribution in [2.75, 3.05) is 0 Å². The molecule has 0 saturated heterocycles. The molecule has 1 heterocycles. The zero-order valence-electron chi connectivity index (χ0n) is 10.1. The molecule has 0 saturated carbocycles. The minimum absolute atomic E-state index is 0.0205. The van der Waals surface area contributed by atoms with Gasteiger partial charge in [-0.25, -0.2) is 4.68 Å². The average molecular weight is 284 g/mol. The highest BCUT2D eigenvalue weighted by Crippen LogP contribution is 2.35. The van der Waals surface area contributed by atoms with Crippen LogP contribution in [0.5, 0.6) is 0 Å². The van der Waals surface area contributed by atoms with Crippen LogP contribution in [-0.4, -0.2) is 26.2 Å². The Balaban J connectivity index is 2.24. The van der Waals surface area contributed by atoms with Gasteiger partial charge in [-0.1, -0.05) is 35.5 Å². The van der Waals surface area contributed by atoms with Gasteiger partial charge in [-0.2, -0.15) is 0 Å². The Morgan fingerprint density at radius 2 is 2.00 bits per heavy atom. The first-order valence-corrected chi connectivity index (χ1v) is 6.73. The minimum Gasteiger partial charge on any atom is -0.327 e. The zero-order chi connectivity index (χ0) is 13.1. The fourth-order valence-corrected chi connectivity index (χ4v) is 2.70. The Kier molecular flexibility index (Phi) is 4.21. The molecule has 7 heteroatoms. The maximum Gasteiger partial charge on any atom is 0.209 e. The number of hydrogen-bond acceptors (Lipinski definition) is 5. The van der Waals surface area contributed by atoms with Crippen LogP contribution in [0.2, 0.25) is 5.02 Å². The predicted molar refractivity (Wildman–Crippen MR) is 72.5 cm³/mol. The molecule has 96 valence electrons. The molecule has 0 spiro atoms. The van der Waals surface area contributed by atoms with E-state index in [4.69, 9.17) is 17.3 Å². The number of thioether (sulfide) groups is 1. The lowest BCUT2D eigenvalue weighted by Gasteiger charge is -2.19. The predicted octanol–water partition coefficient (Wildman–Crippen LogP) is 2.04. The number of nitrogens with zero attached hydrogens (tertiary/aromatic N) is 4. The SMILES string of the molecule is CC(N)C(Sc1nnnn1C)c1ccc(Cl)cc1. The minimum atomic E-state index is -0.0205. The van der Waals surface area contributed by atoms with Crippen LogP contribution in [0.4, 0.5) is 0 Å². The molecule has 0 amide bonds. The van der Waals surface area contributed by atoms with E-state index in [1.165, 1.54) is 0 Å². The molecule has 2 atom stereocenters.